The fraction of sp³-hybridized carbons (Fsp3) is 0.533. The number of benzene rings is 1. The molecule has 3 N–H and O–H groups in total. The summed E-state index contributed by atoms with van der Waals surface area (Å²) < 4.78 is 12.8. The lowest BCUT2D eigenvalue weighted by Crippen LogP contribution is -2.38. The van der Waals surface area contributed by atoms with Crippen molar-refractivity contribution in [1.82, 2.24) is 10.2 Å². The van der Waals surface area contributed by atoms with Crippen LogP contribution in [0.2, 0.25) is 0 Å². The van der Waals surface area contributed by atoms with Gasteiger partial charge in [-0.1, -0.05) is 19.1 Å². The van der Waals surface area contributed by atoms with Gasteiger partial charge in [0, 0.05) is 13.1 Å². The minimum absolute atomic E-state index is 0.00408. The number of hydrogen-bond donors (Lipinski definition) is 2. The largest absolute Gasteiger partial charge is 0.351 e. The van der Waals surface area contributed by atoms with E-state index in [9.17, 15) is 9.18 Å². The lowest BCUT2D eigenvalue weighted by Gasteiger charge is -2.22. The molecule has 1 aliphatic heterocycles. The second-order valence-corrected chi connectivity index (χ2v) is 5.88. The predicted octanol–water partition coefficient (Wildman–Crippen LogP) is 1.11. The summed E-state index contributed by atoms with van der Waals surface area (Å²) in [5, 5.41) is 2.86. The molecule has 1 saturated heterocycles. The highest BCUT2D eigenvalue weighted by molar-refractivity contribution is 5.78. The molecule has 110 valence electrons. The average Bonchev–Trinajstić information content (AvgIpc) is 2.80. The average molecular weight is 279 g/mol. The molecular formula is C15H22FN3O. The number of rotatable bonds is 5. The van der Waals surface area contributed by atoms with E-state index < -0.39 is 0 Å². The summed E-state index contributed by atoms with van der Waals surface area (Å²) in [5.41, 5.74) is 6.78. The van der Waals surface area contributed by atoms with Crippen LogP contribution in [0.1, 0.15) is 18.9 Å². The predicted molar refractivity (Wildman–Crippen MR) is 76.5 cm³/mol. The lowest BCUT2D eigenvalue weighted by molar-refractivity contribution is -0.122. The van der Waals surface area contributed by atoms with Crippen LogP contribution in [-0.4, -0.2) is 37.0 Å². The molecule has 1 aromatic carbocycles. The topological polar surface area (TPSA) is 58.4 Å². The number of nitrogens with two attached hydrogens (primary N) is 1. The van der Waals surface area contributed by atoms with Gasteiger partial charge in [-0.15, -0.1) is 0 Å². The molecule has 1 amide bonds. The van der Waals surface area contributed by atoms with Crippen molar-refractivity contribution in [3.8, 4) is 0 Å². The number of nitrogens with zero attached hydrogens (tertiary/aromatic N) is 1. The van der Waals surface area contributed by atoms with Gasteiger partial charge in [-0.25, -0.2) is 4.39 Å². The van der Waals surface area contributed by atoms with Crippen LogP contribution >= 0.6 is 0 Å². The van der Waals surface area contributed by atoms with Crippen molar-refractivity contribution < 1.29 is 9.18 Å². The Bertz CT molecular complexity index is 463. The van der Waals surface area contributed by atoms with Gasteiger partial charge in [-0.2, -0.15) is 0 Å². The Kier molecular flexibility index (Phi) is 4.73. The highest BCUT2D eigenvalue weighted by atomic mass is 19.1. The summed E-state index contributed by atoms with van der Waals surface area (Å²) >= 11 is 0. The van der Waals surface area contributed by atoms with Gasteiger partial charge in [-0.05, 0) is 42.6 Å². The van der Waals surface area contributed by atoms with Crippen molar-refractivity contribution in [2.75, 3.05) is 26.2 Å². The zero-order valence-electron chi connectivity index (χ0n) is 11.9. The maximum Gasteiger partial charge on any atom is 0.234 e. The Balaban J connectivity index is 1.75. The maximum absolute atomic E-state index is 12.8. The Labute approximate surface area is 119 Å². The number of hydrogen-bond acceptors (Lipinski definition) is 3. The number of carbonyl (C=O) groups is 1. The van der Waals surface area contributed by atoms with Crippen LogP contribution in [0.3, 0.4) is 0 Å². The van der Waals surface area contributed by atoms with E-state index in [0.29, 0.717) is 19.6 Å². The van der Waals surface area contributed by atoms with Crippen molar-refractivity contribution in [3.63, 3.8) is 0 Å². The first kappa shape index (κ1) is 14.9. The first-order chi connectivity index (χ1) is 9.50. The Morgan fingerprint density at radius 3 is 2.75 bits per heavy atom. The van der Waals surface area contributed by atoms with Crippen LogP contribution in [0.4, 0.5) is 4.39 Å². The first-order valence-corrected chi connectivity index (χ1v) is 6.94. The van der Waals surface area contributed by atoms with Gasteiger partial charge in [0.25, 0.3) is 0 Å². The second-order valence-electron chi connectivity index (χ2n) is 5.88. The molecule has 1 heterocycles. The van der Waals surface area contributed by atoms with Gasteiger partial charge in [-0.3, -0.25) is 9.69 Å². The van der Waals surface area contributed by atoms with E-state index in [1.165, 1.54) is 12.1 Å². The molecule has 20 heavy (non-hydrogen) atoms. The zero-order valence-corrected chi connectivity index (χ0v) is 11.9. The normalized spacial score (nSPS) is 22.9. The fourth-order valence-electron chi connectivity index (χ4n) is 2.49. The Morgan fingerprint density at radius 2 is 2.15 bits per heavy atom. The van der Waals surface area contributed by atoms with E-state index in [0.717, 1.165) is 25.1 Å². The smallest absolute Gasteiger partial charge is 0.234 e. The Hall–Kier alpha value is -1.46. The van der Waals surface area contributed by atoms with Crippen LogP contribution in [0.15, 0.2) is 24.3 Å². The zero-order chi connectivity index (χ0) is 14.6. The van der Waals surface area contributed by atoms with Gasteiger partial charge in [0.2, 0.25) is 5.91 Å². The fourth-order valence-corrected chi connectivity index (χ4v) is 2.49. The van der Waals surface area contributed by atoms with Crippen molar-refractivity contribution in [1.29, 1.82) is 0 Å². The summed E-state index contributed by atoms with van der Waals surface area (Å²) in [6, 6.07) is 6.15. The minimum Gasteiger partial charge on any atom is -0.351 e. The molecule has 0 saturated carbocycles. The molecule has 5 heteroatoms. The molecule has 1 atom stereocenters. The van der Waals surface area contributed by atoms with Crippen molar-refractivity contribution in [2.45, 2.75) is 19.9 Å². The molecule has 0 bridgehead atoms. The number of likely N-dealkylation sites (tertiary alicyclic amines) is 1. The molecule has 0 aliphatic carbocycles. The van der Waals surface area contributed by atoms with Crippen LogP contribution < -0.4 is 11.1 Å². The van der Waals surface area contributed by atoms with E-state index in [1.54, 1.807) is 12.1 Å². The van der Waals surface area contributed by atoms with Crippen molar-refractivity contribution in [2.24, 2.45) is 11.1 Å². The molecule has 0 radical (unpaired) electrons. The standard InChI is InChI=1S/C15H22FN3O/c1-15(10-17)6-7-19(11-15)9-14(20)18-8-12-2-4-13(16)5-3-12/h2-5H,6-11,17H2,1H3,(H,18,20). The molecule has 0 aromatic heterocycles. The van der Waals surface area contributed by atoms with Crippen LogP contribution in [0.5, 0.6) is 0 Å². The van der Waals surface area contributed by atoms with Gasteiger partial charge < -0.3 is 11.1 Å². The minimum atomic E-state index is -0.266. The number of amides is 1. The Morgan fingerprint density at radius 1 is 1.45 bits per heavy atom. The third-order valence-corrected chi connectivity index (χ3v) is 3.90. The highest BCUT2D eigenvalue weighted by Crippen LogP contribution is 2.27. The molecule has 0 spiro atoms. The van der Waals surface area contributed by atoms with Crippen LogP contribution in [0, 0.1) is 11.2 Å². The van der Waals surface area contributed by atoms with Crippen molar-refractivity contribution in [3.05, 3.63) is 35.6 Å². The number of carbonyl (C=O) groups excluding carboxylic acids is 1. The monoisotopic (exact) mass is 279 g/mol. The van der Waals surface area contributed by atoms with Crippen molar-refractivity contribution >= 4 is 5.91 Å². The van der Waals surface area contributed by atoms with E-state index in [1.807, 2.05) is 0 Å². The SMILES string of the molecule is CC1(CN)CCN(CC(=O)NCc2ccc(F)cc2)C1. The lowest BCUT2D eigenvalue weighted by atomic mass is 9.90. The summed E-state index contributed by atoms with van der Waals surface area (Å²) in [4.78, 5) is 14.0. The van der Waals surface area contributed by atoms with E-state index in [-0.39, 0.29) is 17.1 Å². The summed E-state index contributed by atoms with van der Waals surface area (Å²) in [6.07, 6.45) is 1.04. The van der Waals surface area contributed by atoms with E-state index in [2.05, 4.69) is 17.1 Å². The molecule has 1 aromatic rings. The van der Waals surface area contributed by atoms with Crippen LogP contribution in [0.25, 0.3) is 0 Å². The van der Waals surface area contributed by atoms with Gasteiger partial charge in [0.15, 0.2) is 0 Å². The summed E-state index contributed by atoms with van der Waals surface area (Å²) in [7, 11) is 0. The number of halogens is 1. The summed E-state index contributed by atoms with van der Waals surface area (Å²) in [5.74, 6) is -0.270. The van der Waals surface area contributed by atoms with E-state index in [4.69, 9.17) is 5.73 Å². The molecule has 4 nitrogen and oxygen atoms in total. The quantitative estimate of drug-likeness (QED) is 0.849. The maximum atomic E-state index is 12.8. The molecular weight excluding hydrogens is 257 g/mol. The van der Waals surface area contributed by atoms with Crippen LogP contribution in [-0.2, 0) is 11.3 Å². The third kappa shape index (κ3) is 4.02. The molecule has 1 unspecified atom stereocenters. The second kappa shape index (κ2) is 6.33. The molecule has 2 rings (SSSR count). The van der Waals surface area contributed by atoms with Gasteiger partial charge in [0.1, 0.15) is 5.82 Å². The third-order valence-electron chi connectivity index (χ3n) is 3.90. The first-order valence-electron chi connectivity index (χ1n) is 6.94. The van der Waals surface area contributed by atoms with E-state index >= 15 is 0 Å². The number of nitrogens with one attached hydrogen (secondary N) is 1. The summed E-state index contributed by atoms with van der Waals surface area (Å²) in [6.45, 7) is 5.42. The molecule has 1 fully saturated rings. The molecule has 1 aliphatic rings. The van der Waals surface area contributed by atoms with Gasteiger partial charge in [0.05, 0.1) is 6.54 Å². The highest BCUT2D eigenvalue weighted by Gasteiger charge is 2.32. The van der Waals surface area contributed by atoms with Gasteiger partial charge >= 0.3 is 0 Å².